The number of hydrogen-bond donors (Lipinski definition) is 1. The van der Waals surface area contributed by atoms with Gasteiger partial charge in [-0.3, -0.25) is 9.59 Å². The molecule has 1 aromatic heterocycles. The van der Waals surface area contributed by atoms with Crippen molar-refractivity contribution in [2.75, 3.05) is 13.1 Å². The molecule has 2 heterocycles. The highest BCUT2D eigenvalue weighted by Crippen LogP contribution is 2.17. The van der Waals surface area contributed by atoms with Crippen molar-refractivity contribution < 1.29 is 19.2 Å². The van der Waals surface area contributed by atoms with Crippen LogP contribution in [0.4, 0.5) is 0 Å². The summed E-state index contributed by atoms with van der Waals surface area (Å²) in [4.78, 5) is 24.4. The number of carbonyl (C=O) groups excluding carboxylic acids is 1. The first-order chi connectivity index (χ1) is 8.16. The van der Waals surface area contributed by atoms with Crippen LogP contribution in [-0.2, 0) is 16.0 Å². The Kier molecular flexibility index (Phi) is 3.41. The van der Waals surface area contributed by atoms with Crippen molar-refractivity contribution in [1.29, 1.82) is 0 Å². The molecule has 1 aliphatic rings. The number of carboxylic acid groups (broad SMARTS) is 1. The highest BCUT2D eigenvalue weighted by atomic mass is 16.5. The molecule has 6 heteroatoms. The maximum atomic E-state index is 11.9. The minimum Gasteiger partial charge on any atom is -0.481 e. The number of carbonyl (C=O) groups is 2. The third kappa shape index (κ3) is 2.83. The summed E-state index contributed by atoms with van der Waals surface area (Å²) >= 11 is 0. The van der Waals surface area contributed by atoms with Crippen LogP contribution in [0.15, 0.2) is 16.9 Å². The van der Waals surface area contributed by atoms with E-state index in [9.17, 15) is 9.59 Å². The summed E-state index contributed by atoms with van der Waals surface area (Å²) in [5, 5.41) is 12.6. The van der Waals surface area contributed by atoms with E-state index in [2.05, 4.69) is 9.68 Å². The van der Waals surface area contributed by atoms with Gasteiger partial charge >= 0.3 is 5.97 Å². The topological polar surface area (TPSA) is 83.6 Å². The third-order valence-electron chi connectivity index (χ3n) is 2.95. The predicted molar refractivity (Wildman–Crippen MR) is 57.1 cm³/mol. The minimum atomic E-state index is -0.830. The Labute approximate surface area is 98.2 Å². The normalized spacial score (nSPS) is 20.2. The van der Waals surface area contributed by atoms with Crippen LogP contribution in [0.5, 0.6) is 0 Å². The molecule has 2 rings (SSSR count). The van der Waals surface area contributed by atoms with Gasteiger partial charge in [0, 0.05) is 19.2 Å². The summed E-state index contributed by atoms with van der Waals surface area (Å²) in [7, 11) is 0. The molecule has 6 nitrogen and oxygen atoms in total. The second kappa shape index (κ2) is 4.99. The zero-order chi connectivity index (χ0) is 12.3. The number of amides is 1. The quantitative estimate of drug-likeness (QED) is 0.830. The van der Waals surface area contributed by atoms with Crippen LogP contribution >= 0.6 is 0 Å². The van der Waals surface area contributed by atoms with Crippen LogP contribution in [-0.4, -0.2) is 40.1 Å². The summed E-state index contributed by atoms with van der Waals surface area (Å²) < 4.78 is 4.65. The predicted octanol–water partition coefficient (Wildman–Crippen LogP) is 0.540. The number of likely N-dealkylation sites (tertiary alicyclic amines) is 1. The van der Waals surface area contributed by atoms with Crippen molar-refractivity contribution >= 4 is 11.9 Å². The Bertz CT molecular complexity index is 402. The lowest BCUT2D eigenvalue weighted by atomic mass is 9.98. The van der Waals surface area contributed by atoms with Crippen LogP contribution in [0.25, 0.3) is 0 Å². The van der Waals surface area contributed by atoms with Gasteiger partial charge in [0.15, 0.2) is 0 Å². The van der Waals surface area contributed by atoms with E-state index in [1.54, 1.807) is 11.0 Å². The first kappa shape index (κ1) is 11.6. The number of nitrogens with zero attached hydrogens (tertiary/aromatic N) is 2. The summed E-state index contributed by atoms with van der Waals surface area (Å²) in [6, 6.07) is 1.64. The molecule has 1 aromatic rings. The molecule has 0 saturated carbocycles. The molecule has 0 spiro atoms. The lowest BCUT2D eigenvalue weighted by Crippen LogP contribution is -2.43. The van der Waals surface area contributed by atoms with E-state index in [1.165, 1.54) is 6.26 Å². The van der Waals surface area contributed by atoms with E-state index < -0.39 is 11.9 Å². The molecule has 0 radical (unpaired) electrons. The molecule has 17 heavy (non-hydrogen) atoms. The molecule has 1 N–H and O–H groups in total. The van der Waals surface area contributed by atoms with E-state index >= 15 is 0 Å². The van der Waals surface area contributed by atoms with Gasteiger partial charge in [0.2, 0.25) is 5.91 Å². The Morgan fingerprint density at radius 3 is 3.06 bits per heavy atom. The van der Waals surface area contributed by atoms with Crippen molar-refractivity contribution in [2.45, 2.75) is 19.3 Å². The second-order valence-corrected chi connectivity index (χ2v) is 4.18. The fourth-order valence-corrected chi connectivity index (χ4v) is 2.00. The van der Waals surface area contributed by atoms with Crippen molar-refractivity contribution in [3.05, 3.63) is 18.0 Å². The van der Waals surface area contributed by atoms with Crippen LogP contribution in [0.1, 0.15) is 18.5 Å². The zero-order valence-corrected chi connectivity index (χ0v) is 9.33. The fourth-order valence-electron chi connectivity index (χ4n) is 2.00. The maximum Gasteiger partial charge on any atom is 0.308 e. The number of hydrogen-bond acceptors (Lipinski definition) is 4. The number of rotatable bonds is 3. The molecule has 92 valence electrons. The summed E-state index contributed by atoms with van der Waals surface area (Å²) in [6.45, 7) is 0.923. The first-order valence-electron chi connectivity index (χ1n) is 5.56. The Morgan fingerprint density at radius 2 is 2.41 bits per heavy atom. The van der Waals surface area contributed by atoms with Crippen molar-refractivity contribution in [3.8, 4) is 0 Å². The van der Waals surface area contributed by atoms with E-state index in [-0.39, 0.29) is 12.3 Å². The summed E-state index contributed by atoms with van der Waals surface area (Å²) in [6.07, 6.45) is 2.96. The molecular weight excluding hydrogens is 224 g/mol. The van der Waals surface area contributed by atoms with Gasteiger partial charge in [0.25, 0.3) is 0 Å². The Balaban J connectivity index is 1.93. The number of aliphatic carboxylic acids is 1. The number of carboxylic acids is 1. The van der Waals surface area contributed by atoms with Gasteiger partial charge in [-0.2, -0.15) is 0 Å². The fraction of sp³-hybridized carbons (Fsp3) is 0.545. The number of piperidine rings is 1. The van der Waals surface area contributed by atoms with Crippen molar-refractivity contribution in [2.24, 2.45) is 5.92 Å². The largest absolute Gasteiger partial charge is 0.481 e. The van der Waals surface area contributed by atoms with Gasteiger partial charge in [0.1, 0.15) is 6.26 Å². The minimum absolute atomic E-state index is 0.0927. The van der Waals surface area contributed by atoms with E-state index in [4.69, 9.17) is 5.11 Å². The molecule has 1 fully saturated rings. The zero-order valence-electron chi connectivity index (χ0n) is 9.33. The van der Waals surface area contributed by atoms with Crippen molar-refractivity contribution in [3.63, 3.8) is 0 Å². The highest BCUT2D eigenvalue weighted by Gasteiger charge is 2.28. The van der Waals surface area contributed by atoms with Gasteiger partial charge in [-0.25, -0.2) is 0 Å². The maximum absolute atomic E-state index is 11.9. The van der Waals surface area contributed by atoms with E-state index in [0.29, 0.717) is 25.2 Å². The third-order valence-corrected chi connectivity index (χ3v) is 2.95. The van der Waals surface area contributed by atoms with Gasteiger partial charge in [-0.15, -0.1) is 0 Å². The Morgan fingerprint density at radius 1 is 1.59 bits per heavy atom. The molecule has 0 aromatic carbocycles. The average Bonchev–Trinajstić information content (AvgIpc) is 2.82. The van der Waals surface area contributed by atoms with Crippen LogP contribution in [0, 0.1) is 5.92 Å². The van der Waals surface area contributed by atoms with Crippen LogP contribution in [0.2, 0.25) is 0 Å². The summed E-state index contributed by atoms with van der Waals surface area (Å²) in [5.74, 6) is -1.36. The second-order valence-electron chi connectivity index (χ2n) is 4.18. The number of aromatic nitrogens is 1. The smallest absolute Gasteiger partial charge is 0.308 e. The molecule has 1 aliphatic heterocycles. The highest BCUT2D eigenvalue weighted by molar-refractivity contribution is 5.79. The van der Waals surface area contributed by atoms with E-state index in [0.717, 1.165) is 6.42 Å². The molecule has 0 unspecified atom stereocenters. The first-order valence-corrected chi connectivity index (χ1v) is 5.56. The SMILES string of the molecule is O=C(O)[C@H]1CCCN(C(=O)Cc2ccon2)C1. The van der Waals surface area contributed by atoms with Crippen LogP contribution in [0.3, 0.4) is 0 Å². The van der Waals surface area contributed by atoms with Gasteiger partial charge in [0.05, 0.1) is 18.0 Å². The molecule has 1 amide bonds. The molecule has 0 aliphatic carbocycles. The molecule has 0 bridgehead atoms. The van der Waals surface area contributed by atoms with Crippen molar-refractivity contribution in [1.82, 2.24) is 10.1 Å². The molecule has 1 atom stereocenters. The van der Waals surface area contributed by atoms with Gasteiger partial charge in [-0.1, -0.05) is 5.16 Å². The van der Waals surface area contributed by atoms with Gasteiger partial charge < -0.3 is 14.5 Å². The lowest BCUT2D eigenvalue weighted by molar-refractivity contribution is -0.145. The van der Waals surface area contributed by atoms with E-state index in [1.807, 2.05) is 0 Å². The average molecular weight is 238 g/mol. The molecular formula is C11H14N2O4. The lowest BCUT2D eigenvalue weighted by Gasteiger charge is -2.30. The standard InChI is InChI=1S/C11H14N2O4/c14-10(6-9-3-5-17-12-9)13-4-1-2-8(7-13)11(15)16/h3,5,8H,1-2,4,6-7H2,(H,15,16)/t8-/m0/s1. The Hall–Kier alpha value is -1.85. The van der Waals surface area contributed by atoms with Gasteiger partial charge in [-0.05, 0) is 12.8 Å². The molecule has 1 saturated heterocycles. The van der Waals surface area contributed by atoms with Crippen LogP contribution < -0.4 is 0 Å². The summed E-state index contributed by atoms with van der Waals surface area (Å²) in [5.41, 5.74) is 0.576. The monoisotopic (exact) mass is 238 g/mol.